The Balaban J connectivity index is 2.39. The van der Waals surface area contributed by atoms with Gasteiger partial charge in [0.25, 0.3) is 0 Å². The molecule has 0 saturated carbocycles. The van der Waals surface area contributed by atoms with Crippen LogP contribution >= 0.6 is 0 Å². The number of ether oxygens (including phenoxy) is 1. The second-order valence-electron chi connectivity index (χ2n) is 5.11. The minimum absolute atomic E-state index is 0.00252. The lowest BCUT2D eigenvalue weighted by molar-refractivity contribution is -0.119. The molecule has 1 aliphatic heterocycles. The zero-order valence-electron chi connectivity index (χ0n) is 10.7. The first-order valence-electron chi connectivity index (χ1n) is 5.97. The summed E-state index contributed by atoms with van der Waals surface area (Å²) in [6.45, 7) is 4.82. The third-order valence-electron chi connectivity index (χ3n) is 3.46. The summed E-state index contributed by atoms with van der Waals surface area (Å²) in [4.78, 5) is 13.8. The molecule has 0 N–H and O–H groups in total. The number of para-hydroxylation sites is 2. The third kappa shape index (κ3) is 2.28. The summed E-state index contributed by atoms with van der Waals surface area (Å²) in [5.74, 6) is 1.13. The van der Waals surface area contributed by atoms with E-state index < -0.39 is 0 Å². The van der Waals surface area contributed by atoms with Crippen molar-refractivity contribution in [1.29, 1.82) is 0 Å². The summed E-state index contributed by atoms with van der Waals surface area (Å²) in [6.07, 6.45) is 1.57. The number of carbonyl (C=O) groups excluding carboxylic acids is 1. The number of anilines is 1. The molecule has 1 saturated heterocycles. The Hall–Kier alpha value is -1.51. The molecule has 0 spiro atoms. The molecule has 0 aromatic heterocycles. The average molecular weight is 233 g/mol. The van der Waals surface area contributed by atoms with Crippen LogP contribution in [0.3, 0.4) is 0 Å². The van der Waals surface area contributed by atoms with Crippen LogP contribution < -0.4 is 9.64 Å². The monoisotopic (exact) mass is 233 g/mol. The van der Waals surface area contributed by atoms with E-state index in [2.05, 4.69) is 18.7 Å². The van der Waals surface area contributed by atoms with E-state index in [-0.39, 0.29) is 5.54 Å². The van der Waals surface area contributed by atoms with Crippen molar-refractivity contribution < 1.29 is 9.53 Å². The summed E-state index contributed by atoms with van der Waals surface area (Å²) in [5.41, 5.74) is 1.01. The fourth-order valence-electron chi connectivity index (χ4n) is 2.31. The van der Waals surface area contributed by atoms with Crippen LogP contribution in [-0.2, 0) is 4.79 Å². The second-order valence-corrected chi connectivity index (χ2v) is 5.11. The van der Waals surface area contributed by atoms with Crippen molar-refractivity contribution in [2.75, 3.05) is 18.6 Å². The van der Waals surface area contributed by atoms with Crippen molar-refractivity contribution in [3.63, 3.8) is 0 Å². The SMILES string of the molecule is COc1ccccc1N1CC(=O)CCC1(C)C. The Morgan fingerprint density at radius 3 is 2.71 bits per heavy atom. The van der Waals surface area contributed by atoms with E-state index in [1.54, 1.807) is 7.11 Å². The number of benzene rings is 1. The standard InChI is InChI=1S/C14H19NO2/c1-14(2)9-8-11(16)10-15(14)12-6-4-5-7-13(12)17-3/h4-7H,8-10H2,1-3H3. The number of rotatable bonds is 2. The predicted molar refractivity (Wildman–Crippen MR) is 68.7 cm³/mol. The number of piperidine rings is 1. The predicted octanol–water partition coefficient (Wildman–Crippen LogP) is 2.64. The van der Waals surface area contributed by atoms with Gasteiger partial charge in [0.05, 0.1) is 19.3 Å². The lowest BCUT2D eigenvalue weighted by Crippen LogP contribution is -2.51. The van der Waals surface area contributed by atoms with E-state index in [0.717, 1.165) is 17.9 Å². The van der Waals surface area contributed by atoms with Gasteiger partial charge in [-0.1, -0.05) is 12.1 Å². The van der Waals surface area contributed by atoms with Gasteiger partial charge >= 0.3 is 0 Å². The van der Waals surface area contributed by atoms with Gasteiger partial charge in [-0.15, -0.1) is 0 Å². The van der Waals surface area contributed by atoms with E-state index in [9.17, 15) is 4.79 Å². The number of methoxy groups -OCH3 is 1. The van der Waals surface area contributed by atoms with Crippen LogP contribution in [0.5, 0.6) is 5.75 Å². The van der Waals surface area contributed by atoms with Gasteiger partial charge in [0.15, 0.2) is 5.78 Å². The maximum atomic E-state index is 11.7. The molecule has 92 valence electrons. The first kappa shape index (κ1) is 12.0. The summed E-state index contributed by atoms with van der Waals surface area (Å²) in [7, 11) is 1.66. The molecule has 0 radical (unpaired) electrons. The lowest BCUT2D eigenvalue weighted by atomic mass is 9.89. The van der Waals surface area contributed by atoms with Gasteiger partial charge in [0.2, 0.25) is 0 Å². The minimum atomic E-state index is 0.00252. The molecular formula is C14H19NO2. The van der Waals surface area contributed by atoms with Crippen molar-refractivity contribution in [3.8, 4) is 5.75 Å². The first-order valence-corrected chi connectivity index (χ1v) is 5.97. The molecule has 0 unspecified atom stereocenters. The third-order valence-corrected chi connectivity index (χ3v) is 3.46. The van der Waals surface area contributed by atoms with Gasteiger partial charge < -0.3 is 9.64 Å². The molecule has 1 aromatic carbocycles. The van der Waals surface area contributed by atoms with Crippen molar-refractivity contribution in [1.82, 2.24) is 0 Å². The van der Waals surface area contributed by atoms with Crippen molar-refractivity contribution in [3.05, 3.63) is 24.3 Å². The first-order chi connectivity index (χ1) is 8.04. The van der Waals surface area contributed by atoms with E-state index in [0.29, 0.717) is 18.7 Å². The maximum absolute atomic E-state index is 11.7. The zero-order valence-corrected chi connectivity index (χ0v) is 10.7. The molecule has 1 aliphatic rings. The van der Waals surface area contributed by atoms with Gasteiger partial charge in [-0.2, -0.15) is 0 Å². The van der Waals surface area contributed by atoms with Crippen molar-refractivity contribution >= 4 is 11.5 Å². The lowest BCUT2D eigenvalue weighted by Gasteiger charge is -2.43. The normalized spacial score (nSPS) is 19.2. The smallest absolute Gasteiger partial charge is 0.152 e. The highest BCUT2D eigenvalue weighted by atomic mass is 16.5. The molecule has 0 atom stereocenters. The second kappa shape index (κ2) is 4.40. The highest BCUT2D eigenvalue weighted by molar-refractivity contribution is 5.86. The molecule has 3 heteroatoms. The van der Waals surface area contributed by atoms with Crippen LogP contribution in [0.2, 0.25) is 0 Å². The quantitative estimate of drug-likeness (QED) is 0.786. The molecule has 2 rings (SSSR count). The van der Waals surface area contributed by atoms with Crippen LogP contribution in [0.1, 0.15) is 26.7 Å². The number of Topliss-reactive ketones (excluding diaryl/α,β-unsaturated/α-hetero) is 1. The number of hydrogen-bond acceptors (Lipinski definition) is 3. The van der Waals surface area contributed by atoms with Crippen molar-refractivity contribution in [2.24, 2.45) is 0 Å². The van der Waals surface area contributed by atoms with Crippen molar-refractivity contribution in [2.45, 2.75) is 32.2 Å². The highest BCUT2D eigenvalue weighted by Gasteiger charge is 2.34. The fraction of sp³-hybridized carbons (Fsp3) is 0.500. The molecule has 1 heterocycles. The molecule has 17 heavy (non-hydrogen) atoms. The zero-order chi connectivity index (χ0) is 12.5. The minimum Gasteiger partial charge on any atom is -0.495 e. The number of ketones is 1. The molecule has 0 bridgehead atoms. The topological polar surface area (TPSA) is 29.5 Å². The van der Waals surface area contributed by atoms with E-state index in [1.165, 1.54) is 0 Å². The Labute approximate surface area is 102 Å². The molecule has 3 nitrogen and oxygen atoms in total. The van der Waals surface area contributed by atoms with Crippen LogP contribution in [0.25, 0.3) is 0 Å². The van der Waals surface area contributed by atoms with Gasteiger partial charge in [-0.3, -0.25) is 4.79 Å². The van der Waals surface area contributed by atoms with Crippen LogP contribution in [0.4, 0.5) is 5.69 Å². The van der Waals surface area contributed by atoms with Gasteiger partial charge in [0.1, 0.15) is 5.75 Å². The highest BCUT2D eigenvalue weighted by Crippen LogP contribution is 2.36. The summed E-state index contributed by atoms with van der Waals surface area (Å²) >= 11 is 0. The molecule has 1 fully saturated rings. The molecule has 0 aliphatic carbocycles. The Morgan fingerprint density at radius 1 is 1.29 bits per heavy atom. The van der Waals surface area contributed by atoms with Gasteiger partial charge in [-0.05, 0) is 32.4 Å². The van der Waals surface area contributed by atoms with Crippen LogP contribution in [0, 0.1) is 0 Å². The van der Waals surface area contributed by atoms with E-state index in [4.69, 9.17) is 4.74 Å². The number of hydrogen-bond donors (Lipinski definition) is 0. The van der Waals surface area contributed by atoms with E-state index >= 15 is 0 Å². The Bertz CT molecular complexity index is 426. The van der Waals surface area contributed by atoms with Crippen LogP contribution in [0.15, 0.2) is 24.3 Å². The van der Waals surface area contributed by atoms with Gasteiger partial charge in [-0.25, -0.2) is 0 Å². The molecule has 0 amide bonds. The largest absolute Gasteiger partial charge is 0.495 e. The average Bonchev–Trinajstić information content (AvgIpc) is 2.32. The van der Waals surface area contributed by atoms with Gasteiger partial charge in [0, 0.05) is 12.0 Å². The van der Waals surface area contributed by atoms with Crippen LogP contribution in [-0.4, -0.2) is 25.0 Å². The Kier molecular flexibility index (Phi) is 3.09. The number of nitrogens with zero attached hydrogens (tertiary/aromatic N) is 1. The van der Waals surface area contributed by atoms with E-state index in [1.807, 2.05) is 24.3 Å². The summed E-state index contributed by atoms with van der Waals surface area (Å²) in [5, 5.41) is 0. The summed E-state index contributed by atoms with van der Waals surface area (Å²) in [6, 6.07) is 7.87. The molecule has 1 aromatic rings. The Morgan fingerprint density at radius 2 is 2.00 bits per heavy atom. The molecular weight excluding hydrogens is 214 g/mol. The number of carbonyl (C=O) groups is 1. The summed E-state index contributed by atoms with van der Waals surface area (Å²) < 4.78 is 5.37. The maximum Gasteiger partial charge on any atom is 0.152 e. The fourth-order valence-corrected chi connectivity index (χ4v) is 2.31.